The van der Waals surface area contributed by atoms with E-state index < -0.39 is 0 Å². The van der Waals surface area contributed by atoms with Crippen molar-refractivity contribution in [2.45, 2.75) is 33.2 Å². The standard InChI is InChI=1S/C15H21Cl3N2/c1-15(2,3)14-9-20(6-4-5-19-14)13-8-11(17)10(16)7-12(13)18/h7-8,14,19H,4-6,9H2,1-3H3. The Morgan fingerprint density at radius 2 is 1.75 bits per heavy atom. The molecule has 1 heterocycles. The quantitative estimate of drug-likeness (QED) is 0.737. The van der Waals surface area contributed by atoms with Crippen molar-refractivity contribution in [1.82, 2.24) is 5.32 Å². The molecule has 0 saturated carbocycles. The van der Waals surface area contributed by atoms with E-state index in [1.165, 1.54) is 0 Å². The number of rotatable bonds is 1. The molecule has 2 rings (SSSR count). The van der Waals surface area contributed by atoms with Crippen LogP contribution in [0.5, 0.6) is 0 Å². The van der Waals surface area contributed by atoms with Crippen LogP contribution < -0.4 is 10.2 Å². The lowest BCUT2D eigenvalue weighted by Crippen LogP contribution is -2.46. The Balaban J connectivity index is 2.29. The van der Waals surface area contributed by atoms with Gasteiger partial charge < -0.3 is 10.2 Å². The molecule has 1 saturated heterocycles. The fourth-order valence-corrected chi connectivity index (χ4v) is 3.14. The Labute approximate surface area is 136 Å². The predicted molar refractivity (Wildman–Crippen MR) is 89.5 cm³/mol. The van der Waals surface area contributed by atoms with Crippen LogP contribution in [0.4, 0.5) is 5.69 Å². The van der Waals surface area contributed by atoms with Crippen molar-refractivity contribution in [3.8, 4) is 0 Å². The van der Waals surface area contributed by atoms with Crippen molar-refractivity contribution >= 4 is 40.5 Å². The zero-order valence-electron chi connectivity index (χ0n) is 12.1. The molecule has 5 heteroatoms. The molecule has 0 aliphatic carbocycles. The molecule has 20 heavy (non-hydrogen) atoms. The molecule has 1 atom stereocenters. The molecule has 0 amide bonds. The van der Waals surface area contributed by atoms with Crippen LogP contribution in [-0.4, -0.2) is 25.7 Å². The van der Waals surface area contributed by atoms with Crippen LogP contribution in [0.1, 0.15) is 27.2 Å². The van der Waals surface area contributed by atoms with Gasteiger partial charge in [0, 0.05) is 19.1 Å². The minimum Gasteiger partial charge on any atom is -0.369 e. The number of nitrogens with one attached hydrogen (secondary N) is 1. The lowest BCUT2D eigenvalue weighted by molar-refractivity contribution is 0.280. The highest BCUT2D eigenvalue weighted by molar-refractivity contribution is 6.44. The minimum absolute atomic E-state index is 0.200. The van der Waals surface area contributed by atoms with Gasteiger partial charge in [0.1, 0.15) is 0 Å². The van der Waals surface area contributed by atoms with Gasteiger partial charge in [-0.3, -0.25) is 0 Å². The third-order valence-electron chi connectivity index (χ3n) is 3.77. The van der Waals surface area contributed by atoms with Crippen LogP contribution >= 0.6 is 34.8 Å². The van der Waals surface area contributed by atoms with Gasteiger partial charge in [-0.15, -0.1) is 0 Å². The second-order valence-corrected chi connectivity index (χ2v) is 7.61. The summed E-state index contributed by atoms with van der Waals surface area (Å²) in [5.74, 6) is 0. The summed E-state index contributed by atoms with van der Waals surface area (Å²) < 4.78 is 0. The molecule has 2 nitrogen and oxygen atoms in total. The first-order valence-electron chi connectivity index (χ1n) is 6.92. The first kappa shape index (κ1) is 16.2. The molecule has 1 N–H and O–H groups in total. The van der Waals surface area contributed by atoms with Gasteiger partial charge in [0.25, 0.3) is 0 Å². The van der Waals surface area contributed by atoms with E-state index in [4.69, 9.17) is 34.8 Å². The minimum atomic E-state index is 0.200. The summed E-state index contributed by atoms with van der Waals surface area (Å²) in [4.78, 5) is 2.31. The van der Waals surface area contributed by atoms with Crippen molar-refractivity contribution in [2.24, 2.45) is 5.41 Å². The smallest absolute Gasteiger partial charge is 0.0655 e. The highest BCUT2D eigenvalue weighted by Crippen LogP contribution is 2.35. The summed E-state index contributed by atoms with van der Waals surface area (Å²) in [6.45, 7) is 9.68. The fourth-order valence-electron chi connectivity index (χ4n) is 2.48. The zero-order chi connectivity index (χ0) is 14.9. The molecule has 1 aromatic carbocycles. The van der Waals surface area contributed by atoms with Crippen molar-refractivity contribution in [2.75, 3.05) is 24.5 Å². The molecule has 1 fully saturated rings. The number of anilines is 1. The first-order valence-corrected chi connectivity index (χ1v) is 8.05. The largest absolute Gasteiger partial charge is 0.369 e. The maximum atomic E-state index is 6.34. The third kappa shape index (κ3) is 3.73. The Hall–Kier alpha value is -0.150. The molecule has 1 aliphatic heterocycles. The number of hydrogen-bond acceptors (Lipinski definition) is 2. The van der Waals surface area contributed by atoms with Gasteiger partial charge in [-0.2, -0.15) is 0 Å². The van der Waals surface area contributed by atoms with Gasteiger partial charge >= 0.3 is 0 Å². The summed E-state index contributed by atoms with van der Waals surface area (Å²) in [5.41, 5.74) is 1.17. The lowest BCUT2D eigenvalue weighted by atomic mass is 9.86. The number of halogens is 3. The van der Waals surface area contributed by atoms with Crippen molar-refractivity contribution in [1.29, 1.82) is 0 Å². The molecule has 1 unspecified atom stereocenters. The van der Waals surface area contributed by atoms with Crippen LogP contribution in [0, 0.1) is 5.41 Å². The van der Waals surface area contributed by atoms with E-state index in [1.807, 2.05) is 6.07 Å². The van der Waals surface area contributed by atoms with Crippen LogP contribution in [0.15, 0.2) is 12.1 Å². The van der Waals surface area contributed by atoms with Gasteiger partial charge in [-0.1, -0.05) is 55.6 Å². The Morgan fingerprint density at radius 3 is 2.40 bits per heavy atom. The van der Waals surface area contributed by atoms with Gasteiger partial charge in [-0.25, -0.2) is 0 Å². The molecule has 1 aliphatic rings. The molecule has 0 bridgehead atoms. The average Bonchev–Trinajstić information content (AvgIpc) is 2.59. The van der Waals surface area contributed by atoms with E-state index in [0.717, 1.165) is 31.7 Å². The van der Waals surface area contributed by atoms with Crippen LogP contribution in [0.2, 0.25) is 15.1 Å². The normalized spacial score (nSPS) is 20.9. The molecule has 0 spiro atoms. The number of benzene rings is 1. The Kier molecular flexibility index (Phi) is 5.12. The molecular formula is C15H21Cl3N2. The van der Waals surface area contributed by atoms with Gasteiger partial charge in [0.2, 0.25) is 0 Å². The van der Waals surface area contributed by atoms with Gasteiger partial charge in [0.05, 0.1) is 20.8 Å². The maximum Gasteiger partial charge on any atom is 0.0655 e. The van der Waals surface area contributed by atoms with Crippen LogP contribution in [0.25, 0.3) is 0 Å². The highest BCUT2D eigenvalue weighted by Gasteiger charge is 2.29. The summed E-state index contributed by atoms with van der Waals surface area (Å²) in [6.07, 6.45) is 1.09. The summed E-state index contributed by atoms with van der Waals surface area (Å²) in [7, 11) is 0. The molecule has 112 valence electrons. The number of hydrogen-bond donors (Lipinski definition) is 1. The topological polar surface area (TPSA) is 15.3 Å². The van der Waals surface area contributed by atoms with Gasteiger partial charge in [0.15, 0.2) is 0 Å². The predicted octanol–water partition coefficient (Wildman–Crippen LogP) is 4.86. The molecular weight excluding hydrogens is 315 g/mol. The monoisotopic (exact) mass is 334 g/mol. The lowest BCUT2D eigenvalue weighted by Gasteiger charge is -2.35. The van der Waals surface area contributed by atoms with Crippen LogP contribution in [0.3, 0.4) is 0 Å². The molecule has 1 aromatic rings. The average molecular weight is 336 g/mol. The maximum absolute atomic E-state index is 6.34. The molecule has 0 aromatic heterocycles. The summed E-state index contributed by atoms with van der Waals surface area (Å²) in [6, 6.07) is 4.01. The van der Waals surface area contributed by atoms with Crippen molar-refractivity contribution < 1.29 is 0 Å². The second kappa shape index (κ2) is 6.31. The number of nitrogens with zero attached hydrogens (tertiary/aromatic N) is 1. The second-order valence-electron chi connectivity index (χ2n) is 6.39. The fraction of sp³-hybridized carbons (Fsp3) is 0.600. The Bertz CT molecular complexity index is 483. The van der Waals surface area contributed by atoms with E-state index in [9.17, 15) is 0 Å². The highest BCUT2D eigenvalue weighted by atomic mass is 35.5. The van der Waals surface area contributed by atoms with Crippen LogP contribution in [-0.2, 0) is 0 Å². The SMILES string of the molecule is CC(C)(C)C1CN(c2cc(Cl)c(Cl)cc2Cl)CCCN1. The van der Waals surface area contributed by atoms with E-state index in [2.05, 4.69) is 31.0 Å². The van der Waals surface area contributed by atoms with Crippen molar-refractivity contribution in [3.05, 3.63) is 27.2 Å². The Morgan fingerprint density at radius 1 is 1.10 bits per heavy atom. The van der Waals surface area contributed by atoms with Crippen molar-refractivity contribution in [3.63, 3.8) is 0 Å². The van der Waals surface area contributed by atoms with E-state index in [-0.39, 0.29) is 5.41 Å². The van der Waals surface area contributed by atoms with E-state index in [1.54, 1.807) is 6.07 Å². The first-order chi connectivity index (χ1) is 9.29. The summed E-state index contributed by atoms with van der Waals surface area (Å²) in [5, 5.41) is 5.34. The van der Waals surface area contributed by atoms with E-state index in [0.29, 0.717) is 21.1 Å². The zero-order valence-corrected chi connectivity index (χ0v) is 14.4. The molecule has 0 radical (unpaired) electrons. The summed E-state index contributed by atoms with van der Waals surface area (Å²) >= 11 is 18.5. The van der Waals surface area contributed by atoms with E-state index >= 15 is 0 Å². The van der Waals surface area contributed by atoms with Gasteiger partial charge in [-0.05, 0) is 30.5 Å². The third-order valence-corrected chi connectivity index (χ3v) is 4.80.